The summed E-state index contributed by atoms with van der Waals surface area (Å²) in [6, 6.07) is 7.63. The summed E-state index contributed by atoms with van der Waals surface area (Å²) in [7, 11) is 4.06. The molecule has 3 atom stereocenters. The fourth-order valence-corrected chi connectivity index (χ4v) is 4.63. The molecule has 34 heavy (non-hydrogen) atoms. The molecule has 0 radical (unpaired) electrons. The molecule has 11 nitrogen and oxygen atoms in total. The molecule has 2 aromatic carbocycles. The third-order valence-corrected chi connectivity index (χ3v) is 6.23. The topological polar surface area (TPSA) is 135 Å². The minimum Gasteiger partial charge on any atom is -0.479 e. The van der Waals surface area contributed by atoms with Gasteiger partial charge in [0.15, 0.2) is 17.5 Å². The highest BCUT2D eigenvalue weighted by Crippen LogP contribution is 2.46. The molecule has 0 saturated heterocycles. The predicted molar refractivity (Wildman–Crippen MR) is 120 cm³/mol. The van der Waals surface area contributed by atoms with Crippen molar-refractivity contribution < 1.29 is 38.2 Å². The minimum atomic E-state index is -1.45. The summed E-state index contributed by atoms with van der Waals surface area (Å²) in [6.07, 6.45) is -2.38. The second-order valence-corrected chi connectivity index (χ2v) is 8.22. The van der Waals surface area contributed by atoms with Crippen molar-refractivity contribution in [3.05, 3.63) is 62.5 Å². The quantitative estimate of drug-likeness (QED) is 0.180. The zero-order valence-corrected chi connectivity index (χ0v) is 19.5. The number of fused-ring (bicyclic) bond motifs is 2. The largest absolute Gasteiger partial charge is 0.479 e. The van der Waals surface area contributed by atoms with E-state index in [-0.39, 0.29) is 21.8 Å². The third-order valence-electron chi connectivity index (χ3n) is 5.95. The van der Waals surface area contributed by atoms with Crippen molar-refractivity contribution in [1.29, 1.82) is 0 Å². The Balaban J connectivity index is 2.02. The van der Waals surface area contributed by atoms with E-state index in [2.05, 4.69) is 0 Å². The zero-order chi connectivity index (χ0) is 24.8. The standard InChI is InChI=1S/C22H22N2O9S/c1-22(20(30-3)31-4)18(25)17(13-10-12(24(27)28)6-8-15(13)33-22)23-14-9-11(19(26)29-2)5-7-16(14)32-21(23)34/h5-10,17-18,20,25H,1-4H3/t17-,18+,22+/m0/s1. The molecule has 0 amide bonds. The molecule has 3 aromatic rings. The molecule has 1 N–H and O–H groups in total. The maximum atomic E-state index is 12.1. The van der Waals surface area contributed by atoms with Gasteiger partial charge in [-0.05, 0) is 43.4 Å². The van der Waals surface area contributed by atoms with Gasteiger partial charge in [-0.15, -0.1) is 0 Å². The first-order valence-electron chi connectivity index (χ1n) is 10.1. The van der Waals surface area contributed by atoms with E-state index in [0.29, 0.717) is 16.7 Å². The number of carbonyl (C=O) groups is 1. The van der Waals surface area contributed by atoms with Crippen LogP contribution in [0.1, 0.15) is 28.9 Å². The van der Waals surface area contributed by atoms with Crippen LogP contribution in [0.3, 0.4) is 0 Å². The molecular weight excluding hydrogens is 468 g/mol. The predicted octanol–water partition coefficient (Wildman–Crippen LogP) is 3.38. The second-order valence-electron chi connectivity index (χ2n) is 7.87. The van der Waals surface area contributed by atoms with Gasteiger partial charge in [0, 0.05) is 31.9 Å². The van der Waals surface area contributed by atoms with Crippen LogP contribution in [0.2, 0.25) is 0 Å². The van der Waals surface area contributed by atoms with Crippen molar-refractivity contribution in [2.24, 2.45) is 0 Å². The Labute approximate surface area is 198 Å². The van der Waals surface area contributed by atoms with Crippen LogP contribution in [0.5, 0.6) is 5.75 Å². The number of hydrogen-bond acceptors (Lipinski definition) is 10. The Bertz CT molecular complexity index is 1330. The second kappa shape index (κ2) is 8.80. The molecule has 4 rings (SSSR count). The highest BCUT2D eigenvalue weighted by atomic mass is 32.1. The van der Waals surface area contributed by atoms with Crippen molar-refractivity contribution in [3.63, 3.8) is 0 Å². The van der Waals surface area contributed by atoms with Crippen LogP contribution in [-0.4, -0.2) is 59.9 Å². The molecule has 1 aliphatic rings. The number of aliphatic hydroxyl groups excluding tert-OH is 1. The highest BCUT2D eigenvalue weighted by Gasteiger charge is 2.53. The lowest BCUT2D eigenvalue weighted by atomic mass is 9.84. The number of nitrogens with zero attached hydrogens (tertiary/aromatic N) is 2. The lowest BCUT2D eigenvalue weighted by Gasteiger charge is -2.46. The molecule has 0 fully saturated rings. The fraction of sp³-hybridized carbons (Fsp3) is 0.364. The number of aromatic nitrogens is 1. The number of nitro benzene ring substituents is 1. The number of esters is 1. The van der Waals surface area contributed by atoms with Crippen molar-refractivity contribution in [3.8, 4) is 5.75 Å². The molecule has 1 aromatic heterocycles. The van der Waals surface area contributed by atoms with Gasteiger partial charge in [0.1, 0.15) is 11.9 Å². The number of methoxy groups -OCH3 is 3. The van der Waals surface area contributed by atoms with Crippen LogP contribution in [0.4, 0.5) is 5.69 Å². The summed E-state index contributed by atoms with van der Waals surface area (Å²) in [5.74, 6) is -0.310. The van der Waals surface area contributed by atoms with E-state index in [4.69, 9.17) is 35.6 Å². The van der Waals surface area contributed by atoms with Gasteiger partial charge in [0.25, 0.3) is 10.5 Å². The number of rotatable bonds is 6. The van der Waals surface area contributed by atoms with Gasteiger partial charge >= 0.3 is 5.97 Å². The molecule has 2 heterocycles. The van der Waals surface area contributed by atoms with Crippen LogP contribution in [-0.2, 0) is 14.2 Å². The Morgan fingerprint density at radius 3 is 2.56 bits per heavy atom. The van der Waals surface area contributed by atoms with Crippen molar-refractivity contribution in [1.82, 2.24) is 4.57 Å². The molecule has 180 valence electrons. The van der Waals surface area contributed by atoms with Gasteiger partial charge in [0.2, 0.25) is 0 Å². The van der Waals surface area contributed by atoms with Gasteiger partial charge in [-0.3, -0.25) is 14.7 Å². The van der Waals surface area contributed by atoms with Crippen LogP contribution >= 0.6 is 12.2 Å². The SMILES string of the molecule is COC(=O)c1ccc2oc(=S)n([C@H]3c4cc([N+](=O)[O-])ccc4O[C@@](C)(C(OC)OC)[C@@H]3O)c2c1. The number of carbonyl (C=O) groups excluding carboxylic acids is 1. The van der Waals surface area contributed by atoms with E-state index in [1.54, 1.807) is 13.0 Å². The maximum absolute atomic E-state index is 12.1. The van der Waals surface area contributed by atoms with Gasteiger partial charge in [0.05, 0.1) is 29.2 Å². The first kappa shape index (κ1) is 23.8. The molecule has 1 aliphatic heterocycles. The maximum Gasteiger partial charge on any atom is 0.337 e. The van der Waals surface area contributed by atoms with Crippen LogP contribution in [0, 0.1) is 15.0 Å². The number of ether oxygens (including phenoxy) is 4. The van der Waals surface area contributed by atoms with Crippen LogP contribution < -0.4 is 4.74 Å². The molecular formula is C22H22N2O9S. The first-order chi connectivity index (χ1) is 16.2. The summed E-state index contributed by atoms with van der Waals surface area (Å²) in [4.78, 5) is 23.1. The Hall–Kier alpha value is -3.32. The average molecular weight is 490 g/mol. The van der Waals surface area contributed by atoms with Gasteiger partial charge in [-0.25, -0.2) is 4.79 Å². The van der Waals surface area contributed by atoms with E-state index in [9.17, 15) is 20.0 Å². The van der Waals surface area contributed by atoms with Crippen molar-refractivity contribution in [2.45, 2.75) is 31.0 Å². The average Bonchev–Trinajstić information content (AvgIpc) is 3.14. The summed E-state index contributed by atoms with van der Waals surface area (Å²) < 4.78 is 28.9. The van der Waals surface area contributed by atoms with Gasteiger partial charge in [-0.1, -0.05) is 0 Å². The number of nitro groups is 1. The molecule has 0 aliphatic carbocycles. The van der Waals surface area contributed by atoms with E-state index in [1.165, 1.54) is 56.2 Å². The van der Waals surface area contributed by atoms with Crippen molar-refractivity contribution in [2.75, 3.05) is 21.3 Å². The number of non-ortho nitro benzene ring substituents is 1. The Kier molecular flexibility index (Phi) is 6.16. The lowest BCUT2D eigenvalue weighted by Crippen LogP contribution is -2.60. The van der Waals surface area contributed by atoms with Crippen LogP contribution in [0.25, 0.3) is 11.1 Å². The monoisotopic (exact) mass is 490 g/mol. The summed E-state index contributed by atoms with van der Waals surface area (Å²) >= 11 is 5.47. The summed E-state index contributed by atoms with van der Waals surface area (Å²) in [5, 5.41) is 23.1. The number of hydrogen-bond donors (Lipinski definition) is 1. The van der Waals surface area contributed by atoms with E-state index >= 15 is 0 Å². The summed E-state index contributed by atoms with van der Waals surface area (Å²) in [5.41, 5.74) is -0.393. The van der Waals surface area contributed by atoms with E-state index < -0.39 is 34.9 Å². The van der Waals surface area contributed by atoms with E-state index in [1.807, 2.05) is 0 Å². The lowest BCUT2D eigenvalue weighted by molar-refractivity contribution is -0.385. The number of oxazole rings is 1. The number of aliphatic hydroxyl groups is 1. The molecule has 0 unspecified atom stereocenters. The van der Waals surface area contributed by atoms with Crippen molar-refractivity contribution >= 4 is 35.0 Å². The molecule has 12 heteroatoms. The molecule has 0 saturated carbocycles. The first-order valence-corrected chi connectivity index (χ1v) is 10.5. The Morgan fingerprint density at radius 2 is 1.94 bits per heavy atom. The zero-order valence-electron chi connectivity index (χ0n) is 18.7. The van der Waals surface area contributed by atoms with E-state index in [0.717, 1.165) is 0 Å². The normalized spacial score (nSPS) is 21.8. The third kappa shape index (κ3) is 3.64. The molecule has 0 spiro atoms. The smallest absolute Gasteiger partial charge is 0.337 e. The summed E-state index contributed by atoms with van der Waals surface area (Å²) in [6.45, 7) is 1.60. The molecule has 0 bridgehead atoms. The highest BCUT2D eigenvalue weighted by molar-refractivity contribution is 7.71. The van der Waals surface area contributed by atoms with Gasteiger partial charge < -0.3 is 28.5 Å². The fourth-order valence-electron chi connectivity index (χ4n) is 4.33. The number of benzene rings is 2. The van der Waals surface area contributed by atoms with Gasteiger partial charge in [-0.2, -0.15) is 0 Å². The van der Waals surface area contributed by atoms with Crippen LogP contribution in [0.15, 0.2) is 40.8 Å². The minimum absolute atomic E-state index is 0.0193. The Morgan fingerprint density at radius 1 is 1.24 bits per heavy atom.